The Hall–Kier alpha value is -1.46. The van der Waals surface area contributed by atoms with Gasteiger partial charge in [-0.05, 0) is 98.8 Å². The number of imide groups is 1. The predicted octanol–water partition coefficient (Wildman–Crippen LogP) is 5.27. The molecular weight excluding hydrogens is 642 g/mol. The molecule has 4 atom stereocenters. The summed E-state index contributed by atoms with van der Waals surface area (Å²) in [6.07, 6.45) is 6.66. The smallest absolute Gasteiger partial charge is 0.254 e. The highest BCUT2D eigenvalue weighted by atomic mass is 127. The van der Waals surface area contributed by atoms with Crippen molar-refractivity contribution >= 4 is 74.8 Å². The molecule has 2 aliphatic carbocycles. The monoisotopic (exact) mass is 658 g/mol. The van der Waals surface area contributed by atoms with Gasteiger partial charge in [-0.25, -0.2) is 0 Å². The molecule has 2 bridgehead atoms. The van der Waals surface area contributed by atoms with Crippen LogP contribution in [0.1, 0.15) is 17.5 Å². The second-order valence-corrected chi connectivity index (χ2v) is 10.7. The van der Waals surface area contributed by atoms with Crippen LogP contribution < -0.4 is 4.74 Å². The number of benzene rings is 2. The lowest BCUT2D eigenvalue weighted by Gasteiger charge is -2.13. The van der Waals surface area contributed by atoms with E-state index in [-0.39, 0.29) is 35.5 Å². The fraction of sp³-hybridized carbons (Fsp3) is 0.261. The first-order valence-corrected chi connectivity index (χ1v) is 12.4. The van der Waals surface area contributed by atoms with Crippen LogP contribution in [0.4, 0.5) is 0 Å². The summed E-state index contributed by atoms with van der Waals surface area (Å²) in [4.78, 5) is 25.5. The van der Waals surface area contributed by atoms with Crippen molar-refractivity contribution in [3.8, 4) is 5.75 Å². The number of ether oxygens (including phenoxy) is 1. The third kappa shape index (κ3) is 3.93. The average Bonchev–Trinajstić information content (AvgIpc) is 3.42. The average molecular weight is 659 g/mol. The lowest BCUT2D eigenvalue weighted by atomic mass is 9.85. The van der Waals surface area contributed by atoms with E-state index in [1.807, 2.05) is 36.4 Å². The van der Waals surface area contributed by atoms with Crippen molar-refractivity contribution in [1.29, 1.82) is 0 Å². The highest BCUT2D eigenvalue weighted by Crippen LogP contribution is 2.52. The molecule has 0 N–H and O–H groups in total. The first kappa shape index (κ1) is 21.4. The molecule has 2 aromatic rings. The number of carbonyl (C=O) groups excluding carboxylic acids is 2. The molecular formula is C23H17ClI2N2O3. The van der Waals surface area contributed by atoms with Gasteiger partial charge in [-0.1, -0.05) is 35.9 Å². The molecule has 2 fully saturated rings. The highest BCUT2D eigenvalue weighted by Gasteiger charge is 2.59. The molecule has 0 unspecified atom stereocenters. The molecule has 1 aliphatic heterocycles. The maximum absolute atomic E-state index is 12.8. The molecule has 0 aromatic heterocycles. The third-order valence-electron chi connectivity index (χ3n) is 6.09. The first-order valence-electron chi connectivity index (χ1n) is 9.89. The summed E-state index contributed by atoms with van der Waals surface area (Å²) in [7, 11) is 0. The normalized spacial score (nSPS) is 26.4. The zero-order valence-corrected chi connectivity index (χ0v) is 21.2. The van der Waals surface area contributed by atoms with E-state index in [4.69, 9.17) is 16.3 Å². The first-order chi connectivity index (χ1) is 14.9. The Bertz CT molecular complexity index is 1080. The minimum absolute atomic E-state index is 0.171. The lowest BCUT2D eigenvalue weighted by molar-refractivity contribution is -0.140. The van der Waals surface area contributed by atoms with Gasteiger partial charge in [0.05, 0.1) is 25.2 Å². The lowest BCUT2D eigenvalue weighted by Crippen LogP contribution is -2.28. The van der Waals surface area contributed by atoms with E-state index >= 15 is 0 Å². The van der Waals surface area contributed by atoms with E-state index < -0.39 is 0 Å². The molecule has 3 aliphatic rings. The van der Waals surface area contributed by atoms with Gasteiger partial charge in [0.25, 0.3) is 11.8 Å². The van der Waals surface area contributed by atoms with Crippen molar-refractivity contribution in [2.24, 2.45) is 28.8 Å². The second kappa shape index (κ2) is 8.47. The fourth-order valence-corrected chi connectivity index (χ4v) is 6.91. The van der Waals surface area contributed by atoms with Gasteiger partial charge >= 0.3 is 0 Å². The molecule has 0 spiro atoms. The van der Waals surface area contributed by atoms with Gasteiger partial charge in [0.2, 0.25) is 0 Å². The van der Waals surface area contributed by atoms with E-state index in [9.17, 15) is 9.59 Å². The van der Waals surface area contributed by atoms with Crippen LogP contribution in [0.25, 0.3) is 0 Å². The van der Waals surface area contributed by atoms with Crippen molar-refractivity contribution in [2.75, 3.05) is 0 Å². The molecule has 2 amide bonds. The number of nitrogens with zero attached hydrogens (tertiary/aromatic N) is 2. The molecule has 1 saturated heterocycles. The number of hydrazone groups is 1. The Morgan fingerprint density at radius 1 is 1.03 bits per heavy atom. The predicted molar refractivity (Wildman–Crippen MR) is 135 cm³/mol. The summed E-state index contributed by atoms with van der Waals surface area (Å²) < 4.78 is 7.87. The Morgan fingerprint density at radius 3 is 2.19 bits per heavy atom. The summed E-state index contributed by atoms with van der Waals surface area (Å²) in [5, 5.41) is 6.04. The Morgan fingerprint density at radius 2 is 1.61 bits per heavy atom. The number of halogens is 3. The number of hydrogen-bond acceptors (Lipinski definition) is 4. The standard InChI is InChI=1S/C23H17ClI2N2O3/c24-16-5-1-12(2-6-16)11-31-21-17(25)7-13(8-18(21)26)10-27-28-22(29)19-14-3-4-15(9-14)20(19)23(28)30/h1-8,10,14-15,19-20H,9,11H2/b27-10-/t14-,15-,19-,20+/m0/s1. The van der Waals surface area contributed by atoms with Crippen LogP contribution in [-0.4, -0.2) is 23.0 Å². The summed E-state index contributed by atoms with van der Waals surface area (Å²) in [6, 6.07) is 11.4. The van der Waals surface area contributed by atoms with E-state index in [1.54, 1.807) is 6.21 Å². The quantitative estimate of drug-likeness (QED) is 0.191. The topological polar surface area (TPSA) is 59.0 Å². The van der Waals surface area contributed by atoms with Crippen molar-refractivity contribution in [1.82, 2.24) is 5.01 Å². The number of allylic oxidation sites excluding steroid dienone is 2. The number of carbonyl (C=O) groups is 2. The Balaban J connectivity index is 1.30. The molecule has 5 rings (SSSR count). The zero-order chi connectivity index (χ0) is 21.7. The number of fused-ring (bicyclic) bond motifs is 5. The van der Waals surface area contributed by atoms with Gasteiger partial charge in [-0.15, -0.1) is 0 Å². The summed E-state index contributed by atoms with van der Waals surface area (Å²) in [5.41, 5.74) is 1.84. The van der Waals surface area contributed by atoms with Crippen molar-refractivity contribution in [2.45, 2.75) is 13.0 Å². The summed E-state index contributed by atoms with van der Waals surface area (Å²) in [6.45, 7) is 0.437. The molecule has 0 radical (unpaired) electrons. The van der Waals surface area contributed by atoms with Gasteiger partial charge in [-0.2, -0.15) is 10.1 Å². The van der Waals surface area contributed by atoms with Crippen molar-refractivity contribution in [3.05, 3.63) is 71.8 Å². The van der Waals surface area contributed by atoms with E-state index in [1.165, 1.54) is 0 Å². The molecule has 158 valence electrons. The molecule has 31 heavy (non-hydrogen) atoms. The molecule has 1 heterocycles. The van der Waals surface area contributed by atoms with Crippen LogP contribution in [0.15, 0.2) is 53.7 Å². The van der Waals surface area contributed by atoms with Gasteiger partial charge < -0.3 is 4.74 Å². The number of hydrogen-bond donors (Lipinski definition) is 0. The van der Waals surface area contributed by atoms with Crippen LogP contribution in [0.2, 0.25) is 5.02 Å². The molecule has 1 saturated carbocycles. The largest absolute Gasteiger partial charge is 0.487 e. The minimum Gasteiger partial charge on any atom is -0.487 e. The van der Waals surface area contributed by atoms with Crippen LogP contribution >= 0.6 is 56.8 Å². The van der Waals surface area contributed by atoms with Gasteiger partial charge in [-0.3, -0.25) is 9.59 Å². The maximum Gasteiger partial charge on any atom is 0.254 e. The molecule has 2 aromatic carbocycles. The van der Waals surface area contributed by atoms with Crippen LogP contribution in [0.3, 0.4) is 0 Å². The van der Waals surface area contributed by atoms with Crippen molar-refractivity contribution < 1.29 is 14.3 Å². The Labute approximate surface area is 212 Å². The molecule has 8 heteroatoms. The van der Waals surface area contributed by atoms with E-state index in [0.717, 1.165) is 35.4 Å². The van der Waals surface area contributed by atoms with E-state index in [2.05, 4.69) is 62.4 Å². The van der Waals surface area contributed by atoms with Crippen LogP contribution in [0, 0.1) is 30.8 Å². The van der Waals surface area contributed by atoms with Crippen LogP contribution in [0.5, 0.6) is 5.75 Å². The number of rotatable bonds is 5. The van der Waals surface area contributed by atoms with E-state index in [0.29, 0.717) is 11.6 Å². The zero-order valence-electron chi connectivity index (χ0n) is 16.2. The van der Waals surface area contributed by atoms with Crippen molar-refractivity contribution in [3.63, 3.8) is 0 Å². The Kier molecular flexibility index (Phi) is 5.85. The molecule has 5 nitrogen and oxygen atoms in total. The maximum atomic E-state index is 12.8. The summed E-state index contributed by atoms with van der Waals surface area (Å²) in [5.74, 6) is 0.355. The van der Waals surface area contributed by atoms with Crippen LogP contribution in [-0.2, 0) is 16.2 Å². The minimum atomic E-state index is -0.233. The van der Waals surface area contributed by atoms with Gasteiger partial charge in [0.15, 0.2) is 0 Å². The highest BCUT2D eigenvalue weighted by molar-refractivity contribution is 14.1. The SMILES string of the molecule is O=C1[C@@H]2[C@H](C(=O)N1/N=C\c1cc(I)c(OCc3ccc(Cl)cc3)c(I)c1)[C@H]1C=C[C@H]2C1. The fourth-order valence-electron chi connectivity index (χ4n) is 4.65. The summed E-state index contributed by atoms with van der Waals surface area (Å²) >= 11 is 10.4. The van der Waals surface area contributed by atoms with Gasteiger partial charge in [0.1, 0.15) is 12.4 Å². The third-order valence-corrected chi connectivity index (χ3v) is 7.94. The van der Waals surface area contributed by atoms with Gasteiger partial charge in [0, 0.05) is 5.02 Å². The second-order valence-electron chi connectivity index (χ2n) is 7.96. The number of amides is 2.